The van der Waals surface area contributed by atoms with Gasteiger partial charge in [-0.1, -0.05) is 67.3 Å². The normalized spacial score (nSPS) is 16.0. The summed E-state index contributed by atoms with van der Waals surface area (Å²) in [6.45, 7) is 6.37. The van der Waals surface area contributed by atoms with E-state index >= 15 is 0 Å². The van der Waals surface area contributed by atoms with Gasteiger partial charge in [0.2, 0.25) is 5.13 Å². The van der Waals surface area contributed by atoms with Gasteiger partial charge in [-0.15, -0.1) is 10.2 Å². The molecule has 1 aromatic heterocycles. The number of carbonyl (C=O) groups is 1. The van der Waals surface area contributed by atoms with Gasteiger partial charge in [0.25, 0.3) is 0 Å². The average Bonchev–Trinajstić information content (AvgIpc) is 3.23. The molecule has 2 aromatic carbocycles. The number of aromatic nitrogens is 2. The maximum absolute atomic E-state index is 12.7. The van der Waals surface area contributed by atoms with Gasteiger partial charge in [-0.25, -0.2) is 0 Å². The van der Waals surface area contributed by atoms with Gasteiger partial charge in [-0.05, 0) is 36.2 Å². The quantitative estimate of drug-likeness (QED) is 0.403. The van der Waals surface area contributed by atoms with Crippen molar-refractivity contribution in [2.24, 2.45) is 0 Å². The Hall–Kier alpha value is -2.64. The lowest BCUT2D eigenvalue weighted by atomic mass is 9.83. The van der Waals surface area contributed by atoms with Crippen molar-refractivity contribution in [2.75, 3.05) is 23.0 Å². The predicted molar refractivity (Wildman–Crippen MR) is 126 cm³/mol. The van der Waals surface area contributed by atoms with E-state index < -0.39 is 0 Å². The Morgan fingerprint density at radius 2 is 2.00 bits per heavy atom. The molecule has 3 aromatic rings. The molecule has 0 unspecified atom stereocenters. The number of fused-ring (bicyclic) bond motifs is 1. The van der Waals surface area contributed by atoms with Crippen LogP contribution in [0, 0.1) is 6.92 Å². The van der Waals surface area contributed by atoms with Crippen molar-refractivity contribution in [1.82, 2.24) is 10.2 Å². The van der Waals surface area contributed by atoms with Crippen molar-refractivity contribution in [1.29, 1.82) is 0 Å². The summed E-state index contributed by atoms with van der Waals surface area (Å²) in [4.78, 5) is 14.8. The zero-order valence-electron chi connectivity index (χ0n) is 17.5. The van der Waals surface area contributed by atoms with E-state index in [1.165, 1.54) is 34.2 Å². The number of para-hydroxylation sites is 1. The van der Waals surface area contributed by atoms with E-state index in [1.54, 1.807) is 6.08 Å². The fourth-order valence-corrected chi connectivity index (χ4v) is 5.35. The van der Waals surface area contributed by atoms with Crippen LogP contribution in [0.3, 0.4) is 0 Å². The van der Waals surface area contributed by atoms with Gasteiger partial charge in [-0.2, -0.15) is 0 Å². The summed E-state index contributed by atoms with van der Waals surface area (Å²) in [6, 6.07) is 16.4. The molecule has 1 aliphatic heterocycles. The maximum Gasteiger partial charge on any atom is 0.210 e. The second-order valence-electron chi connectivity index (χ2n) is 7.85. The molecule has 0 saturated heterocycles. The Morgan fingerprint density at radius 1 is 1.20 bits per heavy atom. The lowest BCUT2D eigenvalue weighted by Crippen LogP contribution is -2.24. The third-order valence-electron chi connectivity index (χ3n) is 5.25. The first kappa shape index (κ1) is 20.6. The number of rotatable bonds is 6. The first-order valence-electron chi connectivity index (χ1n) is 9.73. The highest BCUT2D eigenvalue weighted by Gasteiger charge is 2.38. The third kappa shape index (κ3) is 4.13. The lowest BCUT2D eigenvalue weighted by Gasteiger charge is -2.23. The summed E-state index contributed by atoms with van der Waals surface area (Å²) in [6.07, 6.45) is 1.78. The summed E-state index contributed by atoms with van der Waals surface area (Å²) < 4.78 is 0.777. The molecular weight excluding hydrogens is 412 g/mol. The van der Waals surface area contributed by atoms with Crippen molar-refractivity contribution in [3.05, 3.63) is 71.4 Å². The number of hydrogen-bond donors (Lipinski definition) is 1. The van der Waals surface area contributed by atoms with Gasteiger partial charge in [0.05, 0.1) is 5.75 Å². The van der Waals surface area contributed by atoms with Crippen molar-refractivity contribution in [3.8, 4) is 0 Å². The van der Waals surface area contributed by atoms with E-state index in [0.29, 0.717) is 5.75 Å². The zero-order chi connectivity index (χ0) is 21.3. The number of nitrogens with zero attached hydrogens (tertiary/aromatic N) is 3. The van der Waals surface area contributed by atoms with Gasteiger partial charge in [0.15, 0.2) is 10.1 Å². The predicted octanol–water partition coefficient (Wildman–Crippen LogP) is 5.56. The number of carbonyl (C=O) groups excluding carboxylic acids is 1. The third-order valence-corrected chi connectivity index (χ3v) is 7.25. The van der Waals surface area contributed by atoms with Gasteiger partial charge < -0.3 is 10.2 Å². The molecule has 7 heteroatoms. The molecule has 0 saturated carbocycles. The Bertz CT molecular complexity index is 1120. The van der Waals surface area contributed by atoms with Crippen LogP contribution in [0.4, 0.5) is 16.5 Å². The van der Waals surface area contributed by atoms with Crippen molar-refractivity contribution in [3.63, 3.8) is 0 Å². The molecule has 0 radical (unpaired) electrons. The Morgan fingerprint density at radius 3 is 2.77 bits per heavy atom. The van der Waals surface area contributed by atoms with Crippen LogP contribution in [0.25, 0.3) is 0 Å². The average molecular weight is 437 g/mol. The Balaban J connectivity index is 1.40. The number of likely N-dealkylation sites (N-methyl/N-ethyl adjacent to an activating group) is 1. The topological polar surface area (TPSA) is 58.1 Å². The molecule has 2 heterocycles. The van der Waals surface area contributed by atoms with E-state index in [4.69, 9.17) is 0 Å². The van der Waals surface area contributed by atoms with Crippen LogP contribution in [0.2, 0.25) is 0 Å². The number of ketones is 1. The number of hydrogen-bond acceptors (Lipinski definition) is 7. The molecule has 154 valence electrons. The molecule has 0 aliphatic carbocycles. The van der Waals surface area contributed by atoms with Crippen molar-refractivity contribution in [2.45, 2.75) is 30.5 Å². The van der Waals surface area contributed by atoms with Crippen molar-refractivity contribution < 1.29 is 4.79 Å². The van der Waals surface area contributed by atoms with E-state index in [1.807, 2.05) is 44.3 Å². The van der Waals surface area contributed by atoms with E-state index in [0.717, 1.165) is 26.5 Å². The highest BCUT2D eigenvalue weighted by atomic mass is 32.2. The summed E-state index contributed by atoms with van der Waals surface area (Å²) in [7, 11) is 2.02. The zero-order valence-corrected chi connectivity index (χ0v) is 19.1. The van der Waals surface area contributed by atoms with Crippen LogP contribution >= 0.6 is 23.1 Å². The van der Waals surface area contributed by atoms with Gasteiger partial charge in [0, 0.05) is 35.6 Å². The molecule has 0 bridgehead atoms. The molecule has 0 fully saturated rings. The fourth-order valence-electron chi connectivity index (χ4n) is 3.75. The number of anilines is 3. The van der Waals surface area contributed by atoms with Crippen LogP contribution in [0.5, 0.6) is 0 Å². The number of thioether (sulfide) groups is 1. The molecule has 4 rings (SSSR count). The number of allylic oxidation sites excluding steroid dienone is 2. The summed E-state index contributed by atoms with van der Waals surface area (Å²) in [5.74, 6) is 0.411. The van der Waals surface area contributed by atoms with Crippen LogP contribution in [-0.4, -0.2) is 28.8 Å². The molecule has 1 N–H and O–H groups in total. The Labute approximate surface area is 185 Å². The molecule has 5 nitrogen and oxygen atoms in total. The van der Waals surface area contributed by atoms with Crippen LogP contribution in [0.15, 0.2) is 64.6 Å². The second kappa shape index (κ2) is 8.24. The SMILES string of the molecule is Cc1cccc(Nc2nnc(SCC(=O)/C=C3\N(C)c4ccccc4C3(C)C)s2)c1. The first-order valence-corrected chi connectivity index (χ1v) is 11.5. The molecule has 30 heavy (non-hydrogen) atoms. The minimum atomic E-state index is -0.195. The first-order chi connectivity index (χ1) is 14.3. The van der Waals surface area contributed by atoms with Crippen LogP contribution < -0.4 is 10.2 Å². The smallest absolute Gasteiger partial charge is 0.210 e. The highest BCUT2D eigenvalue weighted by molar-refractivity contribution is 8.01. The standard InChI is InChI=1S/C23H24N4OS2/c1-15-8-7-9-16(12-15)24-21-25-26-22(30-21)29-14-17(28)13-20-23(2,3)18-10-5-6-11-19(18)27(20)4/h5-13H,14H2,1-4H3,(H,24,25)/b20-13-. The second-order valence-corrected chi connectivity index (χ2v) is 10.1. The Kier molecular flexibility index (Phi) is 5.66. The largest absolute Gasteiger partial charge is 0.347 e. The maximum atomic E-state index is 12.7. The molecule has 0 spiro atoms. The van der Waals surface area contributed by atoms with Gasteiger partial charge in [0.1, 0.15) is 0 Å². The van der Waals surface area contributed by atoms with Crippen LogP contribution in [-0.2, 0) is 10.2 Å². The number of benzene rings is 2. The lowest BCUT2D eigenvalue weighted by molar-refractivity contribution is -0.112. The summed E-state index contributed by atoms with van der Waals surface area (Å²) in [5.41, 5.74) is 5.39. The number of nitrogens with one attached hydrogen (secondary N) is 1. The van der Waals surface area contributed by atoms with E-state index in [9.17, 15) is 4.79 Å². The molecule has 1 aliphatic rings. The fraction of sp³-hybridized carbons (Fsp3) is 0.261. The summed E-state index contributed by atoms with van der Waals surface area (Å²) in [5, 5.41) is 12.4. The van der Waals surface area contributed by atoms with Crippen molar-refractivity contribution >= 4 is 45.4 Å². The number of aryl methyl sites for hydroxylation is 1. The van der Waals surface area contributed by atoms with Gasteiger partial charge >= 0.3 is 0 Å². The van der Waals surface area contributed by atoms with E-state index in [2.05, 4.69) is 52.5 Å². The molecular formula is C23H24N4OS2. The van der Waals surface area contributed by atoms with E-state index in [-0.39, 0.29) is 11.2 Å². The van der Waals surface area contributed by atoms with Crippen LogP contribution in [0.1, 0.15) is 25.0 Å². The minimum absolute atomic E-state index is 0.0751. The molecule has 0 atom stereocenters. The molecule has 0 amide bonds. The monoisotopic (exact) mass is 436 g/mol. The van der Waals surface area contributed by atoms with Gasteiger partial charge in [-0.3, -0.25) is 4.79 Å². The summed E-state index contributed by atoms with van der Waals surface area (Å²) >= 11 is 2.88. The minimum Gasteiger partial charge on any atom is -0.347 e. The highest BCUT2D eigenvalue weighted by Crippen LogP contribution is 2.46.